The number of aliphatic hydroxyl groups is 10. The summed E-state index contributed by atoms with van der Waals surface area (Å²) in [5.41, 5.74) is 9.18. The van der Waals surface area contributed by atoms with Crippen LogP contribution in [0.4, 0.5) is 32.2 Å². The number of aliphatic carboxylic acids is 2. The van der Waals surface area contributed by atoms with E-state index in [9.17, 15) is 76.8 Å². The van der Waals surface area contributed by atoms with E-state index in [0.29, 0.717) is 55.7 Å². The smallest absolute Gasteiger partial charge is 0.490 e. The number of carbonyl (C=O) groups excluding carboxylic acids is 3. The van der Waals surface area contributed by atoms with Gasteiger partial charge in [0.15, 0.2) is 28.2 Å². The number of carboxylic acids is 2. The molecule has 1 aliphatic heterocycles. The van der Waals surface area contributed by atoms with Crippen molar-refractivity contribution in [2.45, 2.75) is 108 Å². The van der Waals surface area contributed by atoms with Crippen molar-refractivity contribution in [2.24, 2.45) is 5.92 Å². The number of likely N-dealkylation sites (tertiary alicyclic amines) is 1. The predicted octanol–water partition coefficient (Wildman–Crippen LogP) is -4.29. The van der Waals surface area contributed by atoms with Crippen LogP contribution in [0.2, 0.25) is 0 Å². The highest BCUT2D eigenvalue weighted by Gasteiger charge is 2.39. The number of nitrogen functional groups attached to an aromatic ring is 1. The molecule has 0 aliphatic carbocycles. The summed E-state index contributed by atoms with van der Waals surface area (Å²) in [5, 5.41) is 119. The van der Waals surface area contributed by atoms with E-state index >= 15 is 0 Å². The minimum absolute atomic E-state index is 0.00113. The molecule has 2 amide bonds. The van der Waals surface area contributed by atoms with E-state index in [1.807, 2.05) is 30.5 Å². The molecule has 0 saturated carbocycles. The molecule has 73 heavy (non-hydrogen) atoms. The van der Waals surface area contributed by atoms with Crippen molar-refractivity contribution in [3.63, 3.8) is 0 Å². The standard InChI is InChI=1S/C38H57N9O12.2C2HF3O2/c1-3-46-23-6-5-21(13-24(23)47(4-2)29(46)14-41-37(58)30-35(39)43-36-22(42-30)7-10-40-36)38(59)45-11-8-20(9-12-45)15-44(16-25(50)31(54)33(56)27(52)18-48)17-26(51)32(55)34(57)28(53)19-49;2*3-2(4,5)1(6)7/h5-7,10,13,20,25-28,31-34,48-57H,3-4,8-9,11-12,14-19H2,1-2H3,(H3-,39,40,41,42,43,58);2*(H,6,7). The van der Waals surface area contributed by atoms with Crippen molar-refractivity contribution >= 4 is 51.8 Å². The maximum atomic E-state index is 13.9. The average Bonchev–Trinajstić information content (AvgIpc) is 3.93. The summed E-state index contributed by atoms with van der Waals surface area (Å²) in [6.45, 7) is 3.65. The summed E-state index contributed by atoms with van der Waals surface area (Å²) < 4.78 is 67.4. The van der Waals surface area contributed by atoms with E-state index in [2.05, 4.69) is 24.8 Å². The molecule has 8 unspecified atom stereocenters. The van der Waals surface area contributed by atoms with Crippen molar-refractivity contribution < 1.29 is 111 Å². The van der Waals surface area contributed by atoms with Crippen LogP contribution in [-0.4, -0.2) is 216 Å². The second-order valence-corrected chi connectivity index (χ2v) is 16.6. The Morgan fingerprint density at radius 2 is 1.36 bits per heavy atom. The van der Waals surface area contributed by atoms with Crippen LogP contribution in [0, 0.1) is 5.92 Å². The number of amides is 2. The summed E-state index contributed by atoms with van der Waals surface area (Å²) in [6.07, 6.45) is -22.0. The number of nitrogens with zero attached hydrogens (tertiary/aromatic N) is 6. The Morgan fingerprint density at radius 3 is 1.81 bits per heavy atom. The van der Waals surface area contributed by atoms with Crippen LogP contribution in [0.3, 0.4) is 0 Å². The second-order valence-electron chi connectivity index (χ2n) is 16.6. The highest BCUT2D eigenvalue weighted by atomic mass is 19.4. The number of piperidine rings is 1. The van der Waals surface area contributed by atoms with Gasteiger partial charge in [0, 0.05) is 50.6 Å². The number of H-pyrrole nitrogens is 1. The Hall–Kier alpha value is -5.87. The molecule has 3 aromatic heterocycles. The molecule has 31 heteroatoms. The fourth-order valence-corrected chi connectivity index (χ4v) is 7.68. The van der Waals surface area contributed by atoms with Crippen LogP contribution in [0.25, 0.3) is 22.2 Å². The van der Waals surface area contributed by atoms with Gasteiger partial charge in [-0.1, -0.05) is 0 Å². The minimum atomic E-state index is -5.19. The number of imidazole rings is 1. The van der Waals surface area contributed by atoms with E-state index in [4.69, 9.17) is 35.7 Å². The van der Waals surface area contributed by atoms with Gasteiger partial charge in [0.1, 0.15) is 54.7 Å². The third-order valence-corrected chi connectivity index (χ3v) is 11.5. The first-order valence-corrected chi connectivity index (χ1v) is 22.2. The number of fused-ring (bicyclic) bond motifs is 2. The van der Waals surface area contributed by atoms with Gasteiger partial charge in [0.25, 0.3) is 17.6 Å². The van der Waals surface area contributed by atoms with Crippen LogP contribution in [0.1, 0.15) is 53.4 Å². The number of aliphatic hydroxyl groups excluding tert-OH is 10. The molecule has 1 fully saturated rings. The second kappa shape index (κ2) is 26.9. The number of nitrogens with one attached hydrogen (secondary N) is 2. The van der Waals surface area contributed by atoms with Gasteiger partial charge in [-0.2, -0.15) is 26.3 Å². The molecule has 1 aliphatic rings. The normalized spacial score (nSPS) is 16.8. The lowest BCUT2D eigenvalue weighted by Crippen LogP contribution is -2.54. The fraction of sp³-hybridized carbons (Fsp3) is 0.595. The van der Waals surface area contributed by atoms with Crippen LogP contribution in [-0.2, 0) is 29.2 Å². The van der Waals surface area contributed by atoms with Crippen molar-refractivity contribution in [2.75, 3.05) is 51.7 Å². The van der Waals surface area contributed by atoms with Crippen LogP contribution >= 0.6 is 0 Å². The monoisotopic (exact) mass is 1060 g/mol. The molecule has 15 N–H and O–H groups in total. The number of anilines is 1. The Kier molecular flexibility index (Phi) is 22.6. The highest BCUT2D eigenvalue weighted by molar-refractivity contribution is 5.98. The summed E-state index contributed by atoms with van der Waals surface area (Å²) in [7, 11) is 0. The molecular weight excluding hydrogens is 1000 g/mol. The number of rotatable bonds is 20. The SMILES string of the molecule is CCn1c(CNC(=O)c2nc3cc[nH]c3nc2N)[n+](CC)c2cc(C(=O)N3CCC(CN(CC(O)C(O)C(O)C(O)CO)CC(O)C(O)C(O)C(O)CO)CC3)ccc21.O=C(O)C(F)(F)F.O=C([O-])C(F)(F)F. The quantitative estimate of drug-likeness (QED) is 0.0294. The number of aryl methyl sites for hydroxylation is 2. The number of halogens is 6. The summed E-state index contributed by atoms with van der Waals surface area (Å²) in [4.78, 5) is 59.5. The van der Waals surface area contributed by atoms with Gasteiger partial charge < -0.3 is 87.0 Å². The van der Waals surface area contributed by atoms with Gasteiger partial charge in [-0.25, -0.2) is 23.9 Å². The van der Waals surface area contributed by atoms with Gasteiger partial charge >= 0.3 is 18.3 Å². The molecular formula is C42H59F6N9O16. The zero-order chi connectivity index (χ0) is 55.3. The zero-order valence-electron chi connectivity index (χ0n) is 39.1. The first-order chi connectivity index (χ1) is 34.0. The van der Waals surface area contributed by atoms with E-state index in [0.717, 1.165) is 16.9 Å². The lowest BCUT2D eigenvalue weighted by atomic mass is 9.94. The average molecular weight is 1060 g/mol. The number of carboxylic acid groups (broad SMARTS) is 2. The molecule has 1 aromatic carbocycles. The third kappa shape index (κ3) is 16.6. The number of benzene rings is 1. The van der Waals surface area contributed by atoms with Crippen LogP contribution < -0.4 is 20.7 Å². The molecule has 4 aromatic rings. The number of hydrogen-bond donors (Lipinski definition) is 14. The van der Waals surface area contributed by atoms with Crippen molar-refractivity contribution in [1.82, 2.24) is 34.6 Å². The molecule has 1 saturated heterocycles. The third-order valence-electron chi connectivity index (χ3n) is 11.5. The van der Waals surface area contributed by atoms with Gasteiger partial charge in [0.05, 0.1) is 38.5 Å². The first-order valence-electron chi connectivity index (χ1n) is 22.2. The number of hydrogen-bond acceptors (Lipinski definition) is 19. The lowest BCUT2D eigenvalue weighted by Gasteiger charge is -2.38. The Balaban J connectivity index is 0.000000878. The molecule has 5 rings (SSSR count). The highest BCUT2D eigenvalue weighted by Crippen LogP contribution is 2.24. The summed E-state index contributed by atoms with van der Waals surface area (Å²) in [6, 6.07) is 7.17. The topological polar surface area (TPSA) is 409 Å². The van der Waals surface area contributed by atoms with Crippen molar-refractivity contribution in [1.29, 1.82) is 0 Å². The van der Waals surface area contributed by atoms with Crippen molar-refractivity contribution in [3.05, 3.63) is 47.5 Å². The molecule has 4 heterocycles. The fourth-order valence-electron chi connectivity index (χ4n) is 7.68. The number of aromatic nitrogens is 5. The van der Waals surface area contributed by atoms with Gasteiger partial charge in [0.2, 0.25) is 0 Å². The molecule has 410 valence electrons. The molecule has 25 nitrogen and oxygen atoms in total. The Bertz CT molecular complexity index is 2400. The first kappa shape index (κ1) is 61.4. The zero-order valence-corrected chi connectivity index (χ0v) is 39.1. The lowest BCUT2D eigenvalue weighted by molar-refractivity contribution is -0.676. The van der Waals surface area contributed by atoms with Gasteiger partial charge in [-0.05, 0) is 50.8 Å². The van der Waals surface area contributed by atoms with Crippen LogP contribution in [0.5, 0.6) is 0 Å². The molecule has 0 bridgehead atoms. The number of nitrogens with two attached hydrogens (primary N) is 1. The maximum Gasteiger partial charge on any atom is 0.490 e. The van der Waals surface area contributed by atoms with E-state index in [1.165, 1.54) is 4.90 Å². The molecule has 0 spiro atoms. The summed E-state index contributed by atoms with van der Waals surface area (Å²) >= 11 is 0. The predicted molar refractivity (Wildman–Crippen MR) is 235 cm³/mol. The maximum absolute atomic E-state index is 13.9. The number of carbonyl (C=O) groups is 4. The van der Waals surface area contributed by atoms with E-state index in [-0.39, 0.29) is 49.5 Å². The van der Waals surface area contributed by atoms with E-state index in [1.54, 1.807) is 23.2 Å². The largest absolute Gasteiger partial charge is 0.542 e. The Morgan fingerprint density at radius 1 is 0.849 bits per heavy atom. The van der Waals surface area contributed by atoms with Gasteiger partial charge in [-0.3, -0.25) is 14.5 Å². The number of aromatic amines is 1. The van der Waals surface area contributed by atoms with Gasteiger partial charge in [-0.15, -0.1) is 0 Å². The van der Waals surface area contributed by atoms with Crippen molar-refractivity contribution in [3.8, 4) is 0 Å². The van der Waals surface area contributed by atoms with Crippen LogP contribution in [0.15, 0.2) is 30.5 Å². The molecule has 8 atom stereocenters. The molecule has 0 radical (unpaired) electrons. The van der Waals surface area contributed by atoms with E-state index < -0.39 is 92.2 Å². The minimum Gasteiger partial charge on any atom is -0.542 e. The number of alkyl halides is 6. The Labute approximate surface area is 410 Å². The summed E-state index contributed by atoms with van der Waals surface area (Å²) in [5.74, 6) is -5.74.